The van der Waals surface area contributed by atoms with Crippen LogP contribution in [-0.2, 0) is 4.79 Å². The Bertz CT molecular complexity index is 132. The molecule has 64 valence electrons. The second-order valence-corrected chi connectivity index (χ2v) is 2.81. The molecule has 0 aromatic rings. The fourth-order valence-electron chi connectivity index (χ4n) is 1.20. The second-order valence-electron chi connectivity index (χ2n) is 2.81. The van der Waals surface area contributed by atoms with Crippen LogP contribution in [0.4, 0.5) is 0 Å². The highest BCUT2D eigenvalue weighted by Gasteiger charge is 2.09. The van der Waals surface area contributed by atoms with Crippen molar-refractivity contribution in [3.8, 4) is 0 Å². The van der Waals surface area contributed by atoms with Gasteiger partial charge in [0, 0.05) is 39.1 Å². The average Bonchev–Trinajstić information content (AvgIpc) is 2.03. The largest absolute Gasteiger partial charge is 0.370 e. The quantitative estimate of drug-likeness (QED) is 0.539. The van der Waals surface area contributed by atoms with Crippen molar-refractivity contribution in [1.82, 2.24) is 10.2 Å². The van der Waals surface area contributed by atoms with E-state index in [0.717, 1.165) is 32.7 Å². The predicted molar refractivity (Wildman–Crippen MR) is 43.1 cm³/mol. The monoisotopic (exact) mass is 157 g/mol. The molecule has 0 spiro atoms. The number of carbonyl (C=O) groups excluding carboxylic acids is 1. The van der Waals surface area contributed by atoms with Gasteiger partial charge in [-0.05, 0) is 0 Å². The van der Waals surface area contributed by atoms with Gasteiger partial charge in [0.05, 0.1) is 0 Å². The first-order valence-corrected chi connectivity index (χ1v) is 4.00. The molecule has 3 N–H and O–H groups in total. The SMILES string of the molecule is NC(=O)CCN1CCNCC1. The molecule has 1 rings (SSSR count). The number of nitrogens with one attached hydrogen (secondary N) is 1. The standard InChI is InChI=1S/C7H15N3O/c8-7(11)1-4-10-5-2-9-3-6-10/h9H,1-6H2,(H2,8,11). The predicted octanol–water partition coefficient (Wildman–Crippen LogP) is -1.23. The van der Waals surface area contributed by atoms with E-state index >= 15 is 0 Å². The van der Waals surface area contributed by atoms with Crippen LogP contribution in [0.25, 0.3) is 0 Å². The maximum atomic E-state index is 10.4. The molecule has 0 bridgehead atoms. The van der Waals surface area contributed by atoms with Crippen LogP contribution in [0, 0.1) is 0 Å². The molecule has 0 unspecified atom stereocenters. The van der Waals surface area contributed by atoms with Crippen LogP contribution in [0.5, 0.6) is 0 Å². The Balaban J connectivity index is 2.09. The zero-order valence-electron chi connectivity index (χ0n) is 6.68. The van der Waals surface area contributed by atoms with Gasteiger partial charge < -0.3 is 16.0 Å². The lowest BCUT2D eigenvalue weighted by atomic mass is 10.3. The summed E-state index contributed by atoms with van der Waals surface area (Å²) in [5.74, 6) is -0.205. The lowest BCUT2D eigenvalue weighted by Crippen LogP contribution is -2.44. The average molecular weight is 157 g/mol. The van der Waals surface area contributed by atoms with E-state index in [2.05, 4.69) is 10.2 Å². The van der Waals surface area contributed by atoms with Gasteiger partial charge in [-0.15, -0.1) is 0 Å². The van der Waals surface area contributed by atoms with Gasteiger partial charge >= 0.3 is 0 Å². The third-order valence-corrected chi connectivity index (χ3v) is 1.88. The molecule has 0 aliphatic carbocycles. The van der Waals surface area contributed by atoms with Crippen molar-refractivity contribution in [2.45, 2.75) is 6.42 Å². The summed E-state index contributed by atoms with van der Waals surface area (Å²) < 4.78 is 0. The molecule has 0 radical (unpaired) electrons. The van der Waals surface area contributed by atoms with Crippen LogP contribution < -0.4 is 11.1 Å². The number of hydrogen-bond acceptors (Lipinski definition) is 3. The number of nitrogens with zero attached hydrogens (tertiary/aromatic N) is 1. The minimum absolute atomic E-state index is 0.205. The lowest BCUT2D eigenvalue weighted by Gasteiger charge is -2.26. The van der Waals surface area contributed by atoms with Crippen molar-refractivity contribution in [2.24, 2.45) is 5.73 Å². The maximum Gasteiger partial charge on any atom is 0.218 e. The molecule has 1 aliphatic rings. The molecule has 4 heteroatoms. The van der Waals surface area contributed by atoms with Crippen LogP contribution in [0.2, 0.25) is 0 Å². The van der Waals surface area contributed by atoms with Crippen molar-refractivity contribution in [3.05, 3.63) is 0 Å². The Morgan fingerprint density at radius 1 is 1.45 bits per heavy atom. The van der Waals surface area contributed by atoms with Gasteiger partial charge in [-0.25, -0.2) is 0 Å². The summed E-state index contributed by atoms with van der Waals surface area (Å²) in [6, 6.07) is 0. The fraction of sp³-hybridized carbons (Fsp3) is 0.857. The normalized spacial score (nSPS) is 20.0. The summed E-state index contributed by atoms with van der Waals surface area (Å²) >= 11 is 0. The number of rotatable bonds is 3. The summed E-state index contributed by atoms with van der Waals surface area (Å²) in [6.07, 6.45) is 0.486. The van der Waals surface area contributed by atoms with Crippen molar-refractivity contribution < 1.29 is 4.79 Å². The van der Waals surface area contributed by atoms with Gasteiger partial charge in [-0.3, -0.25) is 4.79 Å². The Morgan fingerprint density at radius 3 is 2.64 bits per heavy atom. The van der Waals surface area contributed by atoms with Crippen molar-refractivity contribution in [3.63, 3.8) is 0 Å². The van der Waals surface area contributed by atoms with E-state index in [1.54, 1.807) is 0 Å². The van der Waals surface area contributed by atoms with Crippen LogP contribution in [0.3, 0.4) is 0 Å². The minimum atomic E-state index is -0.205. The first-order valence-electron chi connectivity index (χ1n) is 4.00. The van der Waals surface area contributed by atoms with Crippen LogP contribution in [0.1, 0.15) is 6.42 Å². The Hall–Kier alpha value is -0.610. The van der Waals surface area contributed by atoms with E-state index in [-0.39, 0.29) is 5.91 Å². The fourth-order valence-corrected chi connectivity index (χ4v) is 1.20. The molecule has 0 aromatic carbocycles. The van der Waals surface area contributed by atoms with E-state index in [0.29, 0.717) is 6.42 Å². The van der Waals surface area contributed by atoms with Gasteiger partial charge in [0.25, 0.3) is 0 Å². The number of carbonyl (C=O) groups is 1. The Kier molecular flexibility index (Phi) is 3.32. The smallest absolute Gasteiger partial charge is 0.218 e. The van der Waals surface area contributed by atoms with E-state index in [9.17, 15) is 4.79 Å². The van der Waals surface area contributed by atoms with E-state index in [1.165, 1.54) is 0 Å². The summed E-state index contributed by atoms with van der Waals surface area (Å²) in [4.78, 5) is 12.7. The Morgan fingerprint density at radius 2 is 2.09 bits per heavy atom. The summed E-state index contributed by atoms with van der Waals surface area (Å²) in [7, 11) is 0. The molecule has 0 aromatic heterocycles. The highest BCUT2D eigenvalue weighted by Crippen LogP contribution is 1.92. The molecule has 0 saturated carbocycles. The van der Waals surface area contributed by atoms with Gasteiger partial charge in [-0.2, -0.15) is 0 Å². The van der Waals surface area contributed by atoms with Crippen molar-refractivity contribution >= 4 is 5.91 Å². The third kappa shape index (κ3) is 3.34. The van der Waals surface area contributed by atoms with Gasteiger partial charge in [-0.1, -0.05) is 0 Å². The molecular weight excluding hydrogens is 142 g/mol. The van der Waals surface area contributed by atoms with E-state index in [4.69, 9.17) is 5.73 Å². The van der Waals surface area contributed by atoms with Gasteiger partial charge in [0.2, 0.25) is 5.91 Å². The van der Waals surface area contributed by atoms with Gasteiger partial charge in [0.15, 0.2) is 0 Å². The first kappa shape index (κ1) is 8.49. The zero-order chi connectivity index (χ0) is 8.10. The van der Waals surface area contributed by atoms with Crippen molar-refractivity contribution in [2.75, 3.05) is 32.7 Å². The molecule has 1 amide bonds. The van der Waals surface area contributed by atoms with Crippen molar-refractivity contribution in [1.29, 1.82) is 0 Å². The molecular formula is C7H15N3O. The number of primary amides is 1. The molecule has 4 nitrogen and oxygen atoms in total. The highest BCUT2D eigenvalue weighted by atomic mass is 16.1. The van der Waals surface area contributed by atoms with Crippen LogP contribution in [0.15, 0.2) is 0 Å². The number of amides is 1. The number of hydrogen-bond donors (Lipinski definition) is 2. The third-order valence-electron chi connectivity index (χ3n) is 1.88. The Labute approximate surface area is 66.7 Å². The summed E-state index contributed by atoms with van der Waals surface area (Å²) in [5.41, 5.74) is 5.03. The maximum absolute atomic E-state index is 10.4. The number of piperazine rings is 1. The zero-order valence-corrected chi connectivity index (χ0v) is 6.68. The van der Waals surface area contributed by atoms with Crippen LogP contribution >= 0.6 is 0 Å². The lowest BCUT2D eigenvalue weighted by molar-refractivity contribution is -0.118. The molecule has 1 fully saturated rings. The second kappa shape index (κ2) is 4.31. The summed E-state index contributed by atoms with van der Waals surface area (Å²) in [6.45, 7) is 4.94. The molecule has 1 saturated heterocycles. The van der Waals surface area contributed by atoms with Gasteiger partial charge in [0.1, 0.15) is 0 Å². The van der Waals surface area contributed by atoms with E-state index < -0.39 is 0 Å². The minimum Gasteiger partial charge on any atom is -0.370 e. The molecule has 1 aliphatic heterocycles. The number of nitrogens with two attached hydrogens (primary N) is 1. The first-order chi connectivity index (χ1) is 5.29. The molecule has 1 heterocycles. The summed E-state index contributed by atoms with van der Waals surface area (Å²) in [5, 5.41) is 3.24. The molecule has 11 heavy (non-hydrogen) atoms. The van der Waals surface area contributed by atoms with E-state index in [1.807, 2.05) is 0 Å². The topological polar surface area (TPSA) is 58.4 Å². The van der Waals surface area contributed by atoms with Crippen LogP contribution in [-0.4, -0.2) is 43.5 Å². The highest BCUT2D eigenvalue weighted by molar-refractivity contribution is 5.73. The molecule has 0 atom stereocenters.